The number of anilines is 1. The highest BCUT2D eigenvalue weighted by atomic mass is 32.2. The van der Waals surface area contributed by atoms with Crippen molar-refractivity contribution in [2.75, 3.05) is 19.0 Å². The number of nitrogens with zero attached hydrogens (tertiary/aromatic N) is 2. The van der Waals surface area contributed by atoms with Crippen molar-refractivity contribution in [2.24, 2.45) is 0 Å². The summed E-state index contributed by atoms with van der Waals surface area (Å²) in [6, 6.07) is 3.01. The number of urea groups is 1. The Balaban J connectivity index is 1.81. The molecule has 2 aromatic rings. The number of benzene rings is 1. The van der Waals surface area contributed by atoms with Crippen molar-refractivity contribution in [3.63, 3.8) is 0 Å². The lowest BCUT2D eigenvalue weighted by Gasteiger charge is -2.26. The zero-order valence-corrected chi connectivity index (χ0v) is 17.3. The predicted octanol–water partition coefficient (Wildman–Crippen LogP) is 2.57. The van der Waals surface area contributed by atoms with E-state index in [1.807, 2.05) is 13.8 Å². The van der Waals surface area contributed by atoms with Crippen LogP contribution in [0.15, 0.2) is 23.1 Å². The maximum atomic E-state index is 13.6. The molecule has 11 heteroatoms. The second kappa shape index (κ2) is 8.02. The third kappa shape index (κ3) is 4.26. The van der Waals surface area contributed by atoms with Crippen LogP contribution in [0.3, 0.4) is 0 Å². The molecule has 2 N–H and O–H groups in total. The van der Waals surface area contributed by atoms with Crippen molar-refractivity contribution in [1.82, 2.24) is 14.6 Å². The number of methoxy groups -OCH3 is 1. The maximum absolute atomic E-state index is 13.6. The Labute approximate surface area is 166 Å². The number of amides is 2. The summed E-state index contributed by atoms with van der Waals surface area (Å²) in [5.41, 5.74) is 0.752. The van der Waals surface area contributed by atoms with E-state index in [-0.39, 0.29) is 35.8 Å². The zero-order valence-electron chi connectivity index (χ0n) is 15.7. The Morgan fingerprint density at radius 1 is 1.39 bits per heavy atom. The second-order valence-corrected chi connectivity index (χ2v) is 9.52. The molecule has 2 heterocycles. The number of carbonyl (C=O) groups excluding carboxylic acids is 1. The molecule has 0 fully saturated rings. The molecule has 3 rings (SSSR count). The molecule has 1 aliphatic rings. The van der Waals surface area contributed by atoms with E-state index in [4.69, 9.17) is 4.74 Å². The number of carbonyl (C=O) groups is 1. The monoisotopic (exact) mass is 428 g/mol. The van der Waals surface area contributed by atoms with Crippen LogP contribution in [0.1, 0.15) is 24.4 Å². The molecule has 0 unspecified atom stereocenters. The molecular formula is C17H21FN4O4S2. The molecule has 0 aliphatic carbocycles. The van der Waals surface area contributed by atoms with Crippen LogP contribution in [0.2, 0.25) is 0 Å². The van der Waals surface area contributed by atoms with Crippen molar-refractivity contribution in [1.29, 1.82) is 0 Å². The molecule has 2 amide bonds. The lowest BCUT2D eigenvalue weighted by molar-refractivity contribution is 0.250. The lowest BCUT2D eigenvalue weighted by Crippen LogP contribution is -2.35. The Morgan fingerprint density at radius 3 is 2.82 bits per heavy atom. The number of sulfonamides is 1. The normalized spacial score (nSPS) is 14.6. The summed E-state index contributed by atoms with van der Waals surface area (Å²) in [7, 11) is -2.61. The summed E-state index contributed by atoms with van der Waals surface area (Å²) in [5, 5.41) is 5.77. The van der Waals surface area contributed by atoms with Gasteiger partial charge in [-0.2, -0.15) is 4.31 Å². The van der Waals surface area contributed by atoms with Gasteiger partial charge in [-0.15, -0.1) is 0 Å². The van der Waals surface area contributed by atoms with Gasteiger partial charge < -0.3 is 10.1 Å². The molecule has 152 valence electrons. The van der Waals surface area contributed by atoms with Gasteiger partial charge in [-0.25, -0.2) is 22.6 Å². The van der Waals surface area contributed by atoms with Gasteiger partial charge in [0.25, 0.3) is 0 Å². The van der Waals surface area contributed by atoms with Gasteiger partial charge in [0.15, 0.2) is 5.13 Å². The summed E-state index contributed by atoms with van der Waals surface area (Å²) >= 11 is 1.22. The number of nitrogens with one attached hydrogen (secondary N) is 2. The molecule has 0 atom stereocenters. The average molecular weight is 429 g/mol. The second-order valence-electron chi connectivity index (χ2n) is 6.53. The number of aromatic nitrogens is 1. The number of ether oxygens (including phenoxy) is 1. The van der Waals surface area contributed by atoms with E-state index < -0.39 is 15.8 Å². The molecule has 1 aromatic heterocycles. The van der Waals surface area contributed by atoms with Crippen LogP contribution in [0, 0.1) is 5.82 Å². The molecule has 0 saturated carbocycles. The van der Waals surface area contributed by atoms with Crippen LogP contribution in [-0.4, -0.2) is 43.4 Å². The van der Waals surface area contributed by atoms with Crippen LogP contribution in [0.4, 0.5) is 14.3 Å². The molecule has 0 radical (unpaired) electrons. The largest absolute Gasteiger partial charge is 0.495 e. The van der Waals surface area contributed by atoms with Gasteiger partial charge in [-0.05, 0) is 32.0 Å². The molecule has 0 spiro atoms. The van der Waals surface area contributed by atoms with E-state index in [9.17, 15) is 17.6 Å². The molecule has 8 nitrogen and oxygen atoms in total. The standard InChI is InChI=1S/C17H21FN4O4S2/c1-10(2)19-16(23)21-17-20-12-6-7-22(9-14(12)27-17)28(24,25)15-8-11(18)4-5-13(15)26-3/h4-5,8,10H,6-7,9H2,1-3H3,(H2,19,20,21,23). The highest BCUT2D eigenvalue weighted by Gasteiger charge is 2.33. The summed E-state index contributed by atoms with van der Waals surface area (Å²) in [5.74, 6) is -0.568. The molecular weight excluding hydrogens is 407 g/mol. The number of rotatable bonds is 5. The Kier molecular flexibility index (Phi) is 5.87. The predicted molar refractivity (Wildman–Crippen MR) is 104 cm³/mol. The molecule has 1 aromatic carbocycles. The van der Waals surface area contributed by atoms with E-state index in [0.29, 0.717) is 11.6 Å². The minimum atomic E-state index is -3.95. The number of thiazole rings is 1. The van der Waals surface area contributed by atoms with Crippen LogP contribution < -0.4 is 15.4 Å². The third-order valence-corrected chi connectivity index (χ3v) is 6.94. The Bertz CT molecular complexity index is 991. The maximum Gasteiger partial charge on any atom is 0.321 e. The fourth-order valence-corrected chi connectivity index (χ4v) is 5.49. The van der Waals surface area contributed by atoms with Gasteiger partial charge in [-0.3, -0.25) is 5.32 Å². The lowest BCUT2D eigenvalue weighted by atomic mass is 10.2. The topological polar surface area (TPSA) is 101 Å². The first-order chi connectivity index (χ1) is 13.2. The van der Waals surface area contributed by atoms with Crippen molar-refractivity contribution >= 4 is 32.5 Å². The molecule has 1 aliphatic heterocycles. The molecule has 0 saturated heterocycles. The van der Waals surface area contributed by atoms with E-state index in [0.717, 1.165) is 22.7 Å². The summed E-state index contributed by atoms with van der Waals surface area (Å²) < 4.78 is 46.0. The van der Waals surface area contributed by atoms with E-state index in [1.165, 1.54) is 28.8 Å². The van der Waals surface area contributed by atoms with Gasteiger partial charge in [0.2, 0.25) is 10.0 Å². The number of hydrogen-bond donors (Lipinski definition) is 2. The Hall–Kier alpha value is -2.24. The SMILES string of the molecule is COc1ccc(F)cc1S(=O)(=O)N1CCc2nc(NC(=O)NC(C)C)sc2C1. The van der Waals surface area contributed by atoms with Gasteiger partial charge in [0.05, 0.1) is 19.3 Å². The first-order valence-corrected chi connectivity index (χ1v) is 10.9. The summed E-state index contributed by atoms with van der Waals surface area (Å²) in [4.78, 5) is 16.7. The van der Waals surface area contributed by atoms with Crippen molar-refractivity contribution in [3.8, 4) is 5.75 Å². The van der Waals surface area contributed by atoms with E-state index >= 15 is 0 Å². The van der Waals surface area contributed by atoms with Crippen molar-refractivity contribution in [3.05, 3.63) is 34.6 Å². The first kappa shape index (κ1) is 20.5. The number of fused-ring (bicyclic) bond motifs is 1. The quantitative estimate of drug-likeness (QED) is 0.762. The number of hydrogen-bond acceptors (Lipinski definition) is 6. The van der Waals surface area contributed by atoms with Gasteiger partial charge >= 0.3 is 6.03 Å². The van der Waals surface area contributed by atoms with Crippen LogP contribution in [-0.2, 0) is 23.0 Å². The highest BCUT2D eigenvalue weighted by molar-refractivity contribution is 7.89. The van der Waals surface area contributed by atoms with Gasteiger partial charge in [0, 0.05) is 23.9 Å². The van der Waals surface area contributed by atoms with Crippen LogP contribution in [0.5, 0.6) is 5.75 Å². The smallest absolute Gasteiger partial charge is 0.321 e. The molecule has 28 heavy (non-hydrogen) atoms. The van der Waals surface area contributed by atoms with Crippen molar-refractivity contribution in [2.45, 2.75) is 37.8 Å². The average Bonchev–Trinajstić information content (AvgIpc) is 3.02. The molecule has 0 bridgehead atoms. The highest BCUT2D eigenvalue weighted by Crippen LogP contribution is 2.33. The first-order valence-electron chi connectivity index (χ1n) is 8.60. The minimum Gasteiger partial charge on any atom is -0.495 e. The Morgan fingerprint density at radius 2 is 2.14 bits per heavy atom. The van der Waals surface area contributed by atoms with E-state index in [2.05, 4.69) is 15.6 Å². The van der Waals surface area contributed by atoms with E-state index in [1.54, 1.807) is 0 Å². The van der Waals surface area contributed by atoms with Crippen LogP contribution in [0.25, 0.3) is 0 Å². The minimum absolute atomic E-state index is 0.0172. The van der Waals surface area contributed by atoms with Crippen LogP contribution >= 0.6 is 11.3 Å². The van der Waals surface area contributed by atoms with Gasteiger partial charge in [-0.1, -0.05) is 11.3 Å². The third-order valence-electron chi connectivity index (χ3n) is 4.08. The zero-order chi connectivity index (χ0) is 20.5. The summed E-state index contributed by atoms with van der Waals surface area (Å²) in [6.45, 7) is 3.99. The fourth-order valence-electron chi connectivity index (χ4n) is 2.82. The summed E-state index contributed by atoms with van der Waals surface area (Å²) in [6.07, 6.45) is 0.399. The fraction of sp³-hybridized carbons (Fsp3) is 0.412. The van der Waals surface area contributed by atoms with Crippen molar-refractivity contribution < 1.29 is 22.3 Å². The van der Waals surface area contributed by atoms with Gasteiger partial charge in [0.1, 0.15) is 16.5 Å². The number of halogens is 1.